The van der Waals surface area contributed by atoms with E-state index in [9.17, 15) is 9.59 Å². The van der Waals surface area contributed by atoms with Crippen LogP contribution >= 0.6 is 0 Å². The van der Waals surface area contributed by atoms with Crippen LogP contribution < -0.4 is 11.1 Å². The van der Waals surface area contributed by atoms with Crippen molar-refractivity contribution in [3.05, 3.63) is 24.0 Å². The predicted octanol–water partition coefficient (Wildman–Crippen LogP) is 1.99. The van der Waals surface area contributed by atoms with Crippen LogP contribution in [-0.4, -0.2) is 47.6 Å². The number of nitrogens with one attached hydrogen (secondary N) is 1. The van der Waals surface area contributed by atoms with Gasteiger partial charge in [0.2, 0.25) is 0 Å². The van der Waals surface area contributed by atoms with E-state index >= 15 is 0 Å². The average Bonchev–Trinajstić information content (AvgIpc) is 2.79. The Morgan fingerprint density at radius 1 is 1.39 bits per heavy atom. The summed E-state index contributed by atoms with van der Waals surface area (Å²) in [7, 11) is 0. The molecule has 1 unspecified atom stereocenters. The lowest BCUT2D eigenvalue weighted by molar-refractivity contribution is 0.0446. The van der Waals surface area contributed by atoms with Gasteiger partial charge in [-0.1, -0.05) is 6.92 Å². The largest absolute Gasteiger partial charge is 0.378 e. The van der Waals surface area contributed by atoms with Crippen molar-refractivity contribution in [3.8, 4) is 0 Å². The van der Waals surface area contributed by atoms with E-state index in [-0.39, 0.29) is 17.8 Å². The number of aromatic nitrogens is 1. The van der Waals surface area contributed by atoms with Crippen molar-refractivity contribution in [1.29, 1.82) is 0 Å². The van der Waals surface area contributed by atoms with E-state index in [2.05, 4.69) is 17.2 Å². The first-order valence-electron chi connectivity index (χ1n) is 8.03. The zero-order chi connectivity index (χ0) is 16.7. The molecule has 1 aliphatic heterocycles. The van der Waals surface area contributed by atoms with Crippen LogP contribution in [0.4, 0.5) is 10.5 Å². The van der Waals surface area contributed by atoms with Gasteiger partial charge in [-0.3, -0.25) is 4.79 Å². The molecule has 0 aliphatic carbocycles. The van der Waals surface area contributed by atoms with Crippen LogP contribution in [0.1, 0.15) is 43.1 Å². The molecule has 0 radical (unpaired) electrons. The molecule has 1 atom stereocenters. The first kappa shape index (κ1) is 17.2. The summed E-state index contributed by atoms with van der Waals surface area (Å²) in [5, 5.41) is 2.80. The molecule has 1 aliphatic rings. The van der Waals surface area contributed by atoms with Gasteiger partial charge in [0.05, 0.1) is 18.0 Å². The number of ether oxygens (including phenoxy) is 1. The van der Waals surface area contributed by atoms with Crippen molar-refractivity contribution in [2.24, 2.45) is 5.73 Å². The Morgan fingerprint density at radius 3 is 2.87 bits per heavy atom. The highest BCUT2D eigenvalue weighted by molar-refractivity contribution is 5.92. The molecule has 7 nitrogen and oxygen atoms in total. The summed E-state index contributed by atoms with van der Waals surface area (Å²) in [5.74, 6) is -0.589. The Bertz CT molecular complexity index is 533. The number of nitrogens with zero attached hydrogens (tertiary/aromatic N) is 2. The van der Waals surface area contributed by atoms with Gasteiger partial charge in [-0.2, -0.15) is 0 Å². The molecule has 3 amide bonds. The molecular formula is C16H24N4O3. The van der Waals surface area contributed by atoms with E-state index in [0.29, 0.717) is 18.8 Å². The van der Waals surface area contributed by atoms with Crippen LogP contribution in [0.3, 0.4) is 0 Å². The average molecular weight is 320 g/mol. The summed E-state index contributed by atoms with van der Waals surface area (Å²) in [6.07, 6.45) is 5.45. The van der Waals surface area contributed by atoms with Gasteiger partial charge in [0, 0.05) is 19.7 Å². The minimum absolute atomic E-state index is 0.158. The third-order valence-electron chi connectivity index (χ3n) is 3.79. The Labute approximate surface area is 136 Å². The molecule has 0 spiro atoms. The smallest absolute Gasteiger partial charge is 0.321 e. The van der Waals surface area contributed by atoms with Crippen LogP contribution in [0.15, 0.2) is 18.3 Å². The molecule has 1 aromatic heterocycles. The number of nitrogens with two attached hydrogens (primary N) is 1. The summed E-state index contributed by atoms with van der Waals surface area (Å²) < 4.78 is 5.78. The second kappa shape index (κ2) is 8.47. The third kappa shape index (κ3) is 5.21. The normalized spacial score (nSPS) is 18.3. The number of carbonyl (C=O) groups is 2. The van der Waals surface area contributed by atoms with Gasteiger partial charge in [0.1, 0.15) is 5.69 Å². The van der Waals surface area contributed by atoms with E-state index in [4.69, 9.17) is 10.5 Å². The zero-order valence-corrected chi connectivity index (χ0v) is 13.5. The summed E-state index contributed by atoms with van der Waals surface area (Å²) in [6, 6.07) is 2.96. The van der Waals surface area contributed by atoms with Crippen molar-refractivity contribution < 1.29 is 14.3 Å². The maximum Gasteiger partial charge on any atom is 0.321 e. The predicted molar refractivity (Wildman–Crippen MR) is 87.2 cm³/mol. The lowest BCUT2D eigenvalue weighted by atomic mass is 10.2. The molecule has 0 saturated carbocycles. The lowest BCUT2D eigenvalue weighted by Crippen LogP contribution is -2.36. The van der Waals surface area contributed by atoms with Crippen LogP contribution in [0, 0.1) is 0 Å². The number of urea groups is 1. The van der Waals surface area contributed by atoms with Crippen LogP contribution in [0.5, 0.6) is 0 Å². The molecule has 1 fully saturated rings. The molecule has 2 heterocycles. The zero-order valence-electron chi connectivity index (χ0n) is 13.5. The van der Waals surface area contributed by atoms with Gasteiger partial charge in [-0.25, -0.2) is 9.78 Å². The summed E-state index contributed by atoms with van der Waals surface area (Å²) in [6.45, 7) is 4.25. The van der Waals surface area contributed by atoms with Gasteiger partial charge in [0.15, 0.2) is 0 Å². The van der Waals surface area contributed by atoms with E-state index in [0.717, 1.165) is 32.3 Å². The first-order chi connectivity index (χ1) is 11.1. The summed E-state index contributed by atoms with van der Waals surface area (Å²) in [5.41, 5.74) is 5.86. The van der Waals surface area contributed by atoms with Crippen molar-refractivity contribution in [1.82, 2.24) is 9.88 Å². The first-order valence-corrected chi connectivity index (χ1v) is 8.03. The van der Waals surface area contributed by atoms with Crippen molar-refractivity contribution in [2.45, 2.75) is 38.7 Å². The number of hydrogen-bond donors (Lipinski definition) is 2. The van der Waals surface area contributed by atoms with Gasteiger partial charge in [-0.15, -0.1) is 0 Å². The second-order valence-electron chi connectivity index (χ2n) is 5.64. The van der Waals surface area contributed by atoms with Crippen molar-refractivity contribution in [2.75, 3.05) is 25.0 Å². The number of carbonyl (C=O) groups excluding carboxylic acids is 2. The van der Waals surface area contributed by atoms with Gasteiger partial charge < -0.3 is 20.7 Å². The highest BCUT2D eigenvalue weighted by atomic mass is 16.5. The summed E-state index contributed by atoms with van der Waals surface area (Å²) in [4.78, 5) is 29.0. The lowest BCUT2D eigenvalue weighted by Gasteiger charge is -2.21. The highest BCUT2D eigenvalue weighted by Crippen LogP contribution is 2.16. The molecule has 7 heteroatoms. The number of amides is 3. The molecule has 2 rings (SSSR count). The molecule has 0 aromatic carbocycles. The molecule has 0 bridgehead atoms. The van der Waals surface area contributed by atoms with Gasteiger partial charge in [0.25, 0.3) is 5.91 Å². The molecular weight excluding hydrogens is 296 g/mol. The second-order valence-corrected chi connectivity index (χ2v) is 5.64. The van der Waals surface area contributed by atoms with Gasteiger partial charge in [-0.05, 0) is 37.8 Å². The Hall–Kier alpha value is -2.15. The number of likely N-dealkylation sites (tertiary alicyclic amines) is 1. The number of anilines is 1. The third-order valence-corrected chi connectivity index (χ3v) is 3.79. The van der Waals surface area contributed by atoms with E-state index < -0.39 is 5.91 Å². The SMILES string of the molecule is CCCOC1CCCN(C(=O)Nc2ccc(C(N)=O)nc2)CC1. The minimum atomic E-state index is -0.589. The molecule has 23 heavy (non-hydrogen) atoms. The maximum atomic E-state index is 12.3. The molecule has 3 N–H and O–H groups in total. The van der Waals surface area contributed by atoms with Crippen LogP contribution in [-0.2, 0) is 4.74 Å². The van der Waals surface area contributed by atoms with E-state index in [1.165, 1.54) is 12.3 Å². The Kier molecular flexibility index (Phi) is 6.34. The Morgan fingerprint density at radius 2 is 2.22 bits per heavy atom. The number of rotatable bonds is 5. The van der Waals surface area contributed by atoms with Crippen LogP contribution in [0.25, 0.3) is 0 Å². The van der Waals surface area contributed by atoms with E-state index in [1.807, 2.05) is 0 Å². The fraction of sp³-hybridized carbons (Fsp3) is 0.562. The molecule has 1 saturated heterocycles. The minimum Gasteiger partial charge on any atom is -0.378 e. The highest BCUT2D eigenvalue weighted by Gasteiger charge is 2.21. The van der Waals surface area contributed by atoms with Crippen molar-refractivity contribution >= 4 is 17.6 Å². The molecule has 1 aromatic rings. The Balaban J connectivity index is 1.86. The standard InChI is InChI=1S/C16H24N4O3/c1-2-10-23-13-4-3-8-20(9-7-13)16(22)19-12-5-6-14(15(17)21)18-11-12/h5-6,11,13H,2-4,7-10H2,1H3,(H2,17,21)(H,19,22). The number of primary amides is 1. The van der Waals surface area contributed by atoms with Gasteiger partial charge >= 0.3 is 6.03 Å². The monoisotopic (exact) mass is 320 g/mol. The maximum absolute atomic E-state index is 12.3. The summed E-state index contributed by atoms with van der Waals surface area (Å²) >= 11 is 0. The fourth-order valence-corrected chi connectivity index (χ4v) is 2.54. The topological polar surface area (TPSA) is 97.5 Å². The quantitative estimate of drug-likeness (QED) is 0.867. The van der Waals surface area contributed by atoms with Crippen molar-refractivity contribution in [3.63, 3.8) is 0 Å². The van der Waals surface area contributed by atoms with Crippen LogP contribution in [0.2, 0.25) is 0 Å². The fourth-order valence-electron chi connectivity index (χ4n) is 2.54. The number of pyridine rings is 1. The molecule has 126 valence electrons. The van der Waals surface area contributed by atoms with E-state index in [1.54, 1.807) is 11.0 Å². The number of hydrogen-bond acceptors (Lipinski definition) is 4.